The Hall–Kier alpha value is -2.02. The normalized spacial score (nSPS) is 11.3. The van der Waals surface area contributed by atoms with Crippen molar-refractivity contribution in [3.63, 3.8) is 0 Å². The minimum Gasteiger partial charge on any atom is -0.507 e. The molecule has 19 heavy (non-hydrogen) atoms. The molecule has 0 amide bonds. The second-order valence-corrected chi connectivity index (χ2v) is 5.78. The van der Waals surface area contributed by atoms with E-state index in [9.17, 15) is 5.11 Å². The summed E-state index contributed by atoms with van der Waals surface area (Å²) in [5.41, 5.74) is 3.88. The van der Waals surface area contributed by atoms with Crippen LogP contribution in [0.1, 0.15) is 31.9 Å². The number of benzene rings is 2. The second kappa shape index (κ2) is 4.93. The van der Waals surface area contributed by atoms with E-state index >= 15 is 0 Å². The highest BCUT2D eigenvalue weighted by atomic mass is 16.3. The molecular weight excluding hydrogens is 232 g/mol. The first-order valence-corrected chi connectivity index (χ1v) is 6.49. The first kappa shape index (κ1) is 13.4. The number of hydrogen-bond acceptors (Lipinski definition) is 1. The summed E-state index contributed by atoms with van der Waals surface area (Å²) >= 11 is 0. The van der Waals surface area contributed by atoms with Gasteiger partial charge >= 0.3 is 0 Å². The molecule has 0 unspecified atom stereocenters. The Balaban J connectivity index is 2.53. The van der Waals surface area contributed by atoms with E-state index < -0.39 is 0 Å². The molecule has 2 rings (SSSR count). The van der Waals surface area contributed by atoms with Crippen molar-refractivity contribution in [2.45, 2.75) is 26.2 Å². The summed E-state index contributed by atoms with van der Waals surface area (Å²) in [5, 5.41) is 10.5. The Kier molecular flexibility index (Phi) is 3.48. The van der Waals surface area contributed by atoms with Gasteiger partial charge in [-0.2, -0.15) is 0 Å². The summed E-state index contributed by atoms with van der Waals surface area (Å²) in [5.74, 6) is 0.376. The van der Waals surface area contributed by atoms with Gasteiger partial charge in [0.2, 0.25) is 0 Å². The minimum atomic E-state index is -0.0683. The van der Waals surface area contributed by atoms with E-state index in [0.717, 1.165) is 22.3 Å². The van der Waals surface area contributed by atoms with Gasteiger partial charge in [-0.3, -0.25) is 0 Å². The van der Waals surface area contributed by atoms with Crippen LogP contribution in [0.15, 0.2) is 49.0 Å². The summed E-state index contributed by atoms with van der Waals surface area (Å²) < 4.78 is 0. The van der Waals surface area contributed by atoms with Gasteiger partial charge in [0.1, 0.15) is 5.75 Å². The van der Waals surface area contributed by atoms with Gasteiger partial charge in [0.15, 0.2) is 0 Å². The van der Waals surface area contributed by atoms with E-state index in [1.165, 1.54) is 0 Å². The van der Waals surface area contributed by atoms with E-state index in [4.69, 9.17) is 0 Å². The molecular formula is C18H20O. The van der Waals surface area contributed by atoms with Crippen LogP contribution in [0.5, 0.6) is 5.75 Å². The van der Waals surface area contributed by atoms with Gasteiger partial charge in [-0.1, -0.05) is 75.9 Å². The highest BCUT2D eigenvalue weighted by Crippen LogP contribution is 2.38. The van der Waals surface area contributed by atoms with Crippen molar-refractivity contribution < 1.29 is 5.11 Å². The lowest BCUT2D eigenvalue weighted by Gasteiger charge is -2.22. The summed E-state index contributed by atoms with van der Waals surface area (Å²) in [6.07, 6.45) is 1.81. The Bertz CT molecular complexity index is 586. The van der Waals surface area contributed by atoms with Crippen molar-refractivity contribution in [1.29, 1.82) is 0 Å². The summed E-state index contributed by atoms with van der Waals surface area (Å²) in [7, 11) is 0. The molecule has 0 saturated carbocycles. The third-order valence-corrected chi connectivity index (χ3v) is 3.30. The zero-order chi connectivity index (χ0) is 14.0. The van der Waals surface area contributed by atoms with Gasteiger partial charge in [0.05, 0.1) is 0 Å². The predicted molar refractivity (Wildman–Crippen MR) is 82.3 cm³/mol. The van der Waals surface area contributed by atoms with E-state index in [1.54, 1.807) is 0 Å². The van der Waals surface area contributed by atoms with Gasteiger partial charge < -0.3 is 5.11 Å². The number of para-hydroxylation sites is 1. The first-order chi connectivity index (χ1) is 8.93. The molecule has 0 bridgehead atoms. The molecule has 0 fully saturated rings. The monoisotopic (exact) mass is 252 g/mol. The molecule has 98 valence electrons. The topological polar surface area (TPSA) is 20.2 Å². The largest absolute Gasteiger partial charge is 0.507 e. The average molecular weight is 252 g/mol. The summed E-state index contributed by atoms with van der Waals surface area (Å²) in [4.78, 5) is 0. The number of phenolic OH excluding ortho intramolecular Hbond substituents is 1. The molecule has 0 saturated heterocycles. The van der Waals surface area contributed by atoms with Crippen molar-refractivity contribution in [3.8, 4) is 16.9 Å². The standard InChI is InChI=1S/C18H20O/c1-5-13-9-11-14(12-10-13)15-7-6-8-16(17(15)19)18(2,3)4/h5-12,19H,1H2,2-4H3. The molecule has 1 N–H and O–H groups in total. The zero-order valence-corrected chi connectivity index (χ0v) is 11.8. The molecule has 0 aliphatic carbocycles. The van der Waals surface area contributed by atoms with E-state index in [0.29, 0.717) is 5.75 Å². The zero-order valence-electron chi connectivity index (χ0n) is 11.8. The lowest BCUT2D eigenvalue weighted by Crippen LogP contribution is -2.11. The fraction of sp³-hybridized carbons (Fsp3) is 0.222. The third kappa shape index (κ3) is 2.70. The average Bonchev–Trinajstić information content (AvgIpc) is 2.38. The van der Waals surface area contributed by atoms with E-state index in [1.807, 2.05) is 48.5 Å². The van der Waals surface area contributed by atoms with E-state index in [-0.39, 0.29) is 5.41 Å². The van der Waals surface area contributed by atoms with Crippen LogP contribution in [0.3, 0.4) is 0 Å². The Morgan fingerprint density at radius 1 is 1.00 bits per heavy atom. The summed E-state index contributed by atoms with van der Waals surface area (Å²) in [6.45, 7) is 10.1. The molecule has 1 nitrogen and oxygen atoms in total. The minimum absolute atomic E-state index is 0.0683. The van der Waals surface area contributed by atoms with Crippen LogP contribution >= 0.6 is 0 Å². The van der Waals surface area contributed by atoms with Crippen LogP contribution in [-0.4, -0.2) is 5.11 Å². The molecule has 0 aliphatic rings. The van der Waals surface area contributed by atoms with Crippen molar-refractivity contribution >= 4 is 6.08 Å². The molecule has 2 aromatic rings. The lowest BCUT2D eigenvalue weighted by molar-refractivity contribution is 0.448. The Morgan fingerprint density at radius 3 is 2.16 bits per heavy atom. The quantitative estimate of drug-likeness (QED) is 0.797. The van der Waals surface area contributed by atoms with Gasteiger partial charge in [-0.15, -0.1) is 0 Å². The lowest BCUT2D eigenvalue weighted by atomic mass is 9.84. The fourth-order valence-electron chi connectivity index (χ4n) is 2.18. The van der Waals surface area contributed by atoms with Gasteiger partial charge in [0.25, 0.3) is 0 Å². The van der Waals surface area contributed by atoms with Crippen LogP contribution in [0.4, 0.5) is 0 Å². The molecule has 0 aromatic heterocycles. The third-order valence-electron chi connectivity index (χ3n) is 3.30. The Labute approximate surface area is 115 Å². The maximum Gasteiger partial charge on any atom is 0.127 e. The number of hydrogen-bond donors (Lipinski definition) is 1. The molecule has 1 heteroatoms. The molecule has 0 heterocycles. The molecule has 2 aromatic carbocycles. The summed E-state index contributed by atoms with van der Waals surface area (Å²) in [6, 6.07) is 14.0. The SMILES string of the molecule is C=Cc1ccc(-c2cccc(C(C)(C)C)c2O)cc1. The molecule has 0 spiro atoms. The van der Waals surface area contributed by atoms with Crippen LogP contribution in [0.2, 0.25) is 0 Å². The highest BCUT2D eigenvalue weighted by molar-refractivity contribution is 5.73. The van der Waals surface area contributed by atoms with Crippen LogP contribution in [0.25, 0.3) is 17.2 Å². The maximum atomic E-state index is 10.5. The maximum absolute atomic E-state index is 10.5. The van der Waals surface area contributed by atoms with Crippen LogP contribution < -0.4 is 0 Å². The predicted octanol–water partition coefficient (Wildman–Crippen LogP) is 5.00. The number of rotatable bonds is 2. The molecule has 0 radical (unpaired) electrons. The van der Waals surface area contributed by atoms with Crippen molar-refractivity contribution in [3.05, 3.63) is 60.2 Å². The van der Waals surface area contributed by atoms with Crippen molar-refractivity contribution in [2.24, 2.45) is 0 Å². The van der Waals surface area contributed by atoms with Gasteiger partial charge in [0, 0.05) is 5.56 Å². The smallest absolute Gasteiger partial charge is 0.127 e. The molecule has 0 aliphatic heterocycles. The highest BCUT2D eigenvalue weighted by Gasteiger charge is 2.20. The first-order valence-electron chi connectivity index (χ1n) is 6.49. The number of phenols is 1. The van der Waals surface area contributed by atoms with Crippen LogP contribution in [0, 0.1) is 0 Å². The van der Waals surface area contributed by atoms with Gasteiger partial charge in [-0.25, -0.2) is 0 Å². The van der Waals surface area contributed by atoms with Crippen LogP contribution in [-0.2, 0) is 5.41 Å². The van der Waals surface area contributed by atoms with Crippen molar-refractivity contribution in [1.82, 2.24) is 0 Å². The Morgan fingerprint density at radius 2 is 1.63 bits per heavy atom. The second-order valence-electron chi connectivity index (χ2n) is 5.78. The fourth-order valence-corrected chi connectivity index (χ4v) is 2.18. The van der Waals surface area contributed by atoms with Crippen molar-refractivity contribution in [2.75, 3.05) is 0 Å². The van der Waals surface area contributed by atoms with Gasteiger partial charge in [-0.05, 0) is 22.1 Å². The van der Waals surface area contributed by atoms with E-state index in [2.05, 4.69) is 27.4 Å². The molecule has 0 atom stereocenters. The number of aromatic hydroxyl groups is 1.